The molecule has 0 aliphatic rings. The highest BCUT2D eigenvalue weighted by Crippen LogP contribution is 1.97. The molecular formula is C13H27NO4. The highest BCUT2D eigenvalue weighted by molar-refractivity contribution is 5.75. The van der Waals surface area contributed by atoms with Crippen LogP contribution in [0, 0.1) is 5.92 Å². The molecule has 0 unspecified atom stereocenters. The van der Waals surface area contributed by atoms with E-state index in [4.69, 9.17) is 14.2 Å². The van der Waals surface area contributed by atoms with Crippen LogP contribution in [0.4, 0.5) is 0 Å². The van der Waals surface area contributed by atoms with Crippen LogP contribution in [0.1, 0.15) is 27.2 Å². The molecule has 0 aromatic carbocycles. The van der Waals surface area contributed by atoms with Crippen LogP contribution in [0.3, 0.4) is 0 Å². The molecule has 0 radical (unpaired) electrons. The maximum atomic E-state index is 11.3. The van der Waals surface area contributed by atoms with Gasteiger partial charge in [-0.05, 0) is 12.8 Å². The lowest BCUT2D eigenvalue weighted by atomic mass is 10.1. The molecule has 0 saturated carbocycles. The molecule has 0 heterocycles. The molecule has 1 N–H and O–H groups in total. The SMILES string of the molecule is CCOCCOCCOCCNC(=O)CC(C)C. The van der Waals surface area contributed by atoms with E-state index in [0.29, 0.717) is 51.9 Å². The van der Waals surface area contributed by atoms with Crippen molar-refractivity contribution in [2.24, 2.45) is 5.92 Å². The molecule has 5 nitrogen and oxygen atoms in total. The van der Waals surface area contributed by atoms with Gasteiger partial charge in [-0.3, -0.25) is 4.79 Å². The Labute approximate surface area is 110 Å². The van der Waals surface area contributed by atoms with E-state index >= 15 is 0 Å². The molecule has 0 aliphatic heterocycles. The molecule has 1 amide bonds. The van der Waals surface area contributed by atoms with E-state index in [-0.39, 0.29) is 5.91 Å². The third-order valence-electron chi connectivity index (χ3n) is 2.11. The van der Waals surface area contributed by atoms with Crippen LogP contribution < -0.4 is 5.32 Å². The van der Waals surface area contributed by atoms with E-state index in [1.165, 1.54) is 0 Å². The lowest BCUT2D eigenvalue weighted by Crippen LogP contribution is -2.28. The highest BCUT2D eigenvalue weighted by Gasteiger charge is 2.02. The number of rotatable bonds is 12. The Bertz CT molecular complexity index is 197. The topological polar surface area (TPSA) is 56.8 Å². The molecule has 5 heteroatoms. The Kier molecular flexibility index (Phi) is 12.3. The lowest BCUT2D eigenvalue weighted by Gasteiger charge is -2.08. The molecule has 0 aromatic rings. The van der Waals surface area contributed by atoms with Crippen molar-refractivity contribution >= 4 is 5.91 Å². The van der Waals surface area contributed by atoms with E-state index in [1.807, 2.05) is 20.8 Å². The summed E-state index contributed by atoms with van der Waals surface area (Å²) in [5.41, 5.74) is 0. The lowest BCUT2D eigenvalue weighted by molar-refractivity contribution is -0.122. The molecule has 18 heavy (non-hydrogen) atoms. The second kappa shape index (κ2) is 12.8. The number of carbonyl (C=O) groups is 1. The standard InChI is InChI=1S/C13H27NO4/c1-4-16-7-8-18-10-9-17-6-5-14-13(15)11-12(2)3/h12H,4-11H2,1-3H3,(H,14,15). The van der Waals surface area contributed by atoms with Crippen molar-refractivity contribution in [1.82, 2.24) is 5.32 Å². The van der Waals surface area contributed by atoms with Gasteiger partial charge in [-0.2, -0.15) is 0 Å². The minimum Gasteiger partial charge on any atom is -0.379 e. The summed E-state index contributed by atoms with van der Waals surface area (Å²) in [5, 5.41) is 2.81. The summed E-state index contributed by atoms with van der Waals surface area (Å²) < 4.78 is 15.7. The largest absolute Gasteiger partial charge is 0.379 e. The van der Waals surface area contributed by atoms with Crippen molar-refractivity contribution < 1.29 is 19.0 Å². The first-order chi connectivity index (χ1) is 8.66. The summed E-state index contributed by atoms with van der Waals surface area (Å²) >= 11 is 0. The van der Waals surface area contributed by atoms with Crippen molar-refractivity contribution in [3.05, 3.63) is 0 Å². The fourth-order valence-electron chi connectivity index (χ4n) is 1.29. The van der Waals surface area contributed by atoms with Crippen molar-refractivity contribution in [2.45, 2.75) is 27.2 Å². The molecule has 0 saturated heterocycles. The van der Waals surface area contributed by atoms with Gasteiger partial charge in [0, 0.05) is 19.6 Å². The number of amides is 1. The average Bonchev–Trinajstić information content (AvgIpc) is 2.30. The number of nitrogens with one attached hydrogen (secondary N) is 1. The van der Waals surface area contributed by atoms with Crippen LogP contribution >= 0.6 is 0 Å². The Morgan fingerprint density at radius 1 is 1.00 bits per heavy atom. The third kappa shape index (κ3) is 13.4. The van der Waals surface area contributed by atoms with Crippen LogP contribution in [-0.4, -0.2) is 52.1 Å². The summed E-state index contributed by atoms with van der Waals surface area (Å²) in [6.07, 6.45) is 0.570. The second-order valence-corrected chi connectivity index (χ2v) is 4.37. The summed E-state index contributed by atoms with van der Waals surface area (Å²) in [7, 11) is 0. The van der Waals surface area contributed by atoms with Gasteiger partial charge in [0.15, 0.2) is 0 Å². The Hall–Kier alpha value is -0.650. The minimum absolute atomic E-state index is 0.0848. The number of ether oxygens (including phenoxy) is 3. The minimum atomic E-state index is 0.0848. The molecular weight excluding hydrogens is 234 g/mol. The molecule has 0 aromatic heterocycles. The fraction of sp³-hybridized carbons (Fsp3) is 0.923. The van der Waals surface area contributed by atoms with Crippen molar-refractivity contribution in [2.75, 3.05) is 46.2 Å². The third-order valence-corrected chi connectivity index (χ3v) is 2.11. The van der Waals surface area contributed by atoms with E-state index in [2.05, 4.69) is 5.32 Å². The second-order valence-electron chi connectivity index (χ2n) is 4.37. The number of carbonyl (C=O) groups excluding carboxylic acids is 1. The summed E-state index contributed by atoms with van der Waals surface area (Å²) in [4.78, 5) is 11.3. The first-order valence-corrected chi connectivity index (χ1v) is 6.66. The first-order valence-electron chi connectivity index (χ1n) is 6.66. The maximum Gasteiger partial charge on any atom is 0.220 e. The Morgan fingerprint density at radius 3 is 2.11 bits per heavy atom. The quantitative estimate of drug-likeness (QED) is 0.537. The highest BCUT2D eigenvalue weighted by atomic mass is 16.5. The van der Waals surface area contributed by atoms with Crippen molar-refractivity contribution in [3.63, 3.8) is 0 Å². The van der Waals surface area contributed by atoms with Gasteiger partial charge in [0.25, 0.3) is 0 Å². The van der Waals surface area contributed by atoms with E-state index in [0.717, 1.165) is 6.61 Å². The predicted molar refractivity (Wildman–Crippen MR) is 70.6 cm³/mol. The van der Waals surface area contributed by atoms with Crippen molar-refractivity contribution in [3.8, 4) is 0 Å². The molecule has 0 bridgehead atoms. The van der Waals surface area contributed by atoms with Gasteiger partial charge in [-0.1, -0.05) is 13.8 Å². The molecule has 108 valence electrons. The molecule has 0 aliphatic carbocycles. The first kappa shape index (κ1) is 17.4. The Morgan fingerprint density at radius 2 is 1.56 bits per heavy atom. The van der Waals surface area contributed by atoms with Crippen LogP contribution in [0.15, 0.2) is 0 Å². The molecule has 0 spiro atoms. The van der Waals surface area contributed by atoms with Crippen LogP contribution in [0.25, 0.3) is 0 Å². The van der Waals surface area contributed by atoms with Gasteiger partial charge in [0.2, 0.25) is 5.91 Å². The average molecular weight is 261 g/mol. The molecule has 0 rings (SSSR count). The normalized spacial score (nSPS) is 10.9. The van der Waals surface area contributed by atoms with Gasteiger partial charge < -0.3 is 19.5 Å². The smallest absolute Gasteiger partial charge is 0.220 e. The van der Waals surface area contributed by atoms with Gasteiger partial charge in [0.1, 0.15) is 0 Å². The van der Waals surface area contributed by atoms with Crippen molar-refractivity contribution in [1.29, 1.82) is 0 Å². The monoisotopic (exact) mass is 261 g/mol. The zero-order valence-electron chi connectivity index (χ0n) is 11.9. The number of hydrogen-bond acceptors (Lipinski definition) is 4. The van der Waals surface area contributed by atoms with E-state index in [9.17, 15) is 4.79 Å². The summed E-state index contributed by atoms with van der Waals surface area (Å²) in [6.45, 7) is 10.1. The molecule has 0 atom stereocenters. The predicted octanol–water partition coefficient (Wildman–Crippen LogP) is 1.22. The van der Waals surface area contributed by atoms with Gasteiger partial charge in [-0.15, -0.1) is 0 Å². The van der Waals surface area contributed by atoms with Gasteiger partial charge in [0.05, 0.1) is 33.0 Å². The maximum absolute atomic E-state index is 11.3. The fourth-order valence-corrected chi connectivity index (χ4v) is 1.29. The summed E-state index contributed by atoms with van der Waals surface area (Å²) in [5.74, 6) is 0.478. The molecule has 0 fully saturated rings. The van der Waals surface area contributed by atoms with Gasteiger partial charge >= 0.3 is 0 Å². The van der Waals surface area contributed by atoms with E-state index < -0.39 is 0 Å². The Balaban J connectivity index is 3.09. The van der Waals surface area contributed by atoms with Crippen LogP contribution in [-0.2, 0) is 19.0 Å². The number of hydrogen-bond donors (Lipinski definition) is 1. The van der Waals surface area contributed by atoms with Crippen LogP contribution in [0.5, 0.6) is 0 Å². The van der Waals surface area contributed by atoms with Gasteiger partial charge in [-0.25, -0.2) is 0 Å². The summed E-state index contributed by atoms with van der Waals surface area (Å²) in [6, 6.07) is 0. The van der Waals surface area contributed by atoms with Crippen LogP contribution in [0.2, 0.25) is 0 Å². The zero-order chi connectivity index (χ0) is 13.6. The zero-order valence-corrected chi connectivity index (χ0v) is 11.9. The van der Waals surface area contributed by atoms with E-state index in [1.54, 1.807) is 0 Å².